The van der Waals surface area contributed by atoms with Crippen LogP contribution < -0.4 is 16.6 Å². The van der Waals surface area contributed by atoms with E-state index in [0.29, 0.717) is 29.6 Å². The molecule has 0 aliphatic rings. The number of aryl methyl sites for hydroxylation is 1. The first-order valence-corrected chi connectivity index (χ1v) is 9.65. The maximum atomic E-state index is 13.0. The van der Waals surface area contributed by atoms with Gasteiger partial charge in [0.15, 0.2) is 0 Å². The van der Waals surface area contributed by atoms with Crippen molar-refractivity contribution in [3.8, 4) is 0 Å². The highest BCUT2D eigenvalue weighted by Crippen LogP contribution is 2.12. The van der Waals surface area contributed by atoms with Crippen molar-refractivity contribution in [1.82, 2.24) is 9.13 Å². The number of hydrogen-bond acceptors (Lipinski definition) is 4. The van der Waals surface area contributed by atoms with E-state index in [0.717, 1.165) is 12.0 Å². The lowest BCUT2D eigenvalue weighted by Crippen LogP contribution is -2.42. The number of fused-ring (bicyclic) bond motifs is 1. The molecule has 1 heterocycles. The van der Waals surface area contributed by atoms with E-state index in [-0.39, 0.29) is 24.6 Å². The van der Waals surface area contributed by atoms with Crippen LogP contribution in [0.3, 0.4) is 0 Å². The molecule has 29 heavy (non-hydrogen) atoms. The fraction of sp³-hybridized carbons (Fsp3) is 0.318. The molecule has 1 aromatic heterocycles. The standard InChI is InChI=1S/C22H25N3O4/c1-3-16-8-6-9-17(14-16)23-20(26)15-25-19-11-5-4-10-18(19)21(27)24(22(25)28)12-7-13-29-2/h4-6,8-11,14H,3,7,12-13,15H2,1-2H3,(H,23,26). The summed E-state index contributed by atoms with van der Waals surface area (Å²) in [5.41, 5.74) is 1.39. The van der Waals surface area contributed by atoms with Gasteiger partial charge >= 0.3 is 5.69 Å². The van der Waals surface area contributed by atoms with E-state index in [4.69, 9.17) is 4.74 Å². The molecule has 0 radical (unpaired) electrons. The average Bonchev–Trinajstić information content (AvgIpc) is 2.73. The third-order valence-electron chi connectivity index (χ3n) is 4.78. The molecule has 0 fully saturated rings. The van der Waals surface area contributed by atoms with Gasteiger partial charge in [-0.1, -0.05) is 31.2 Å². The molecule has 0 saturated carbocycles. The number of amides is 1. The van der Waals surface area contributed by atoms with Crippen molar-refractivity contribution >= 4 is 22.5 Å². The predicted octanol–water partition coefficient (Wildman–Crippen LogP) is 2.40. The van der Waals surface area contributed by atoms with Crippen LogP contribution in [0.15, 0.2) is 58.1 Å². The van der Waals surface area contributed by atoms with Crippen LogP contribution in [-0.4, -0.2) is 28.8 Å². The molecule has 3 rings (SSSR count). The zero-order chi connectivity index (χ0) is 20.8. The largest absolute Gasteiger partial charge is 0.385 e. The number of nitrogens with zero attached hydrogens (tertiary/aromatic N) is 2. The Bertz CT molecular complexity index is 1130. The molecule has 0 saturated heterocycles. The highest BCUT2D eigenvalue weighted by atomic mass is 16.5. The van der Waals surface area contributed by atoms with E-state index < -0.39 is 5.69 Å². The predicted molar refractivity (Wildman–Crippen MR) is 113 cm³/mol. The third kappa shape index (κ3) is 4.63. The first-order chi connectivity index (χ1) is 14.0. The summed E-state index contributed by atoms with van der Waals surface area (Å²) in [5.74, 6) is -0.326. The molecule has 2 aromatic carbocycles. The van der Waals surface area contributed by atoms with Crippen LogP contribution in [-0.2, 0) is 29.0 Å². The van der Waals surface area contributed by atoms with E-state index >= 15 is 0 Å². The minimum atomic E-state index is -0.498. The van der Waals surface area contributed by atoms with Crippen molar-refractivity contribution in [2.45, 2.75) is 32.9 Å². The van der Waals surface area contributed by atoms with Gasteiger partial charge in [0.25, 0.3) is 5.56 Å². The van der Waals surface area contributed by atoms with Gasteiger partial charge in [0.1, 0.15) is 6.54 Å². The van der Waals surface area contributed by atoms with E-state index in [1.54, 1.807) is 31.4 Å². The third-order valence-corrected chi connectivity index (χ3v) is 4.78. The number of hydrogen-bond donors (Lipinski definition) is 1. The normalized spacial score (nSPS) is 11.0. The summed E-state index contributed by atoms with van der Waals surface area (Å²) < 4.78 is 7.55. The summed E-state index contributed by atoms with van der Waals surface area (Å²) in [4.78, 5) is 38.4. The second-order valence-corrected chi connectivity index (χ2v) is 6.79. The first kappa shape index (κ1) is 20.5. The number of ether oxygens (including phenoxy) is 1. The Kier molecular flexibility index (Phi) is 6.61. The molecular weight excluding hydrogens is 370 g/mol. The summed E-state index contributed by atoms with van der Waals surface area (Å²) in [7, 11) is 1.57. The maximum absolute atomic E-state index is 13.0. The van der Waals surface area contributed by atoms with Crippen molar-refractivity contribution in [2.75, 3.05) is 19.0 Å². The van der Waals surface area contributed by atoms with E-state index in [9.17, 15) is 14.4 Å². The average molecular weight is 395 g/mol. The summed E-state index contributed by atoms with van der Waals surface area (Å²) >= 11 is 0. The van der Waals surface area contributed by atoms with Crippen molar-refractivity contribution in [1.29, 1.82) is 0 Å². The second-order valence-electron chi connectivity index (χ2n) is 6.79. The number of methoxy groups -OCH3 is 1. The molecule has 0 unspecified atom stereocenters. The van der Waals surface area contributed by atoms with Crippen LogP contribution in [0, 0.1) is 0 Å². The van der Waals surface area contributed by atoms with Gasteiger partial charge in [-0.15, -0.1) is 0 Å². The minimum absolute atomic E-state index is 0.180. The van der Waals surface area contributed by atoms with Gasteiger partial charge in [0.05, 0.1) is 10.9 Å². The molecule has 7 heteroatoms. The Morgan fingerprint density at radius 3 is 2.62 bits per heavy atom. The number of aromatic nitrogens is 2. The molecule has 0 aliphatic heterocycles. The first-order valence-electron chi connectivity index (χ1n) is 9.65. The fourth-order valence-corrected chi connectivity index (χ4v) is 3.30. The number of para-hydroxylation sites is 1. The van der Waals surface area contributed by atoms with E-state index in [1.807, 2.05) is 31.2 Å². The SMILES string of the molecule is CCc1cccc(NC(=O)Cn2c(=O)n(CCCOC)c(=O)c3ccccc32)c1. The number of carbonyl (C=O) groups excluding carboxylic acids is 1. The Balaban J connectivity index is 1.96. The van der Waals surface area contributed by atoms with Crippen LogP contribution in [0.1, 0.15) is 18.9 Å². The van der Waals surface area contributed by atoms with Gasteiger partial charge < -0.3 is 10.1 Å². The monoisotopic (exact) mass is 395 g/mol. The Labute approximate surface area is 168 Å². The van der Waals surface area contributed by atoms with Crippen LogP contribution in [0.5, 0.6) is 0 Å². The molecule has 3 aromatic rings. The number of rotatable bonds is 8. The lowest BCUT2D eigenvalue weighted by Gasteiger charge is -2.14. The molecular formula is C22H25N3O4. The van der Waals surface area contributed by atoms with Gasteiger partial charge in [0, 0.05) is 25.9 Å². The number of carbonyl (C=O) groups is 1. The molecule has 0 aliphatic carbocycles. The molecule has 1 amide bonds. The Hall–Kier alpha value is -3.19. The van der Waals surface area contributed by atoms with Crippen molar-refractivity contribution < 1.29 is 9.53 Å². The maximum Gasteiger partial charge on any atom is 0.331 e. The number of anilines is 1. The van der Waals surface area contributed by atoms with E-state index in [1.165, 1.54) is 9.13 Å². The molecule has 7 nitrogen and oxygen atoms in total. The smallest absolute Gasteiger partial charge is 0.331 e. The van der Waals surface area contributed by atoms with Gasteiger partial charge in [-0.25, -0.2) is 4.79 Å². The molecule has 0 spiro atoms. The summed E-state index contributed by atoms with van der Waals surface area (Å²) in [6, 6.07) is 14.4. The summed E-state index contributed by atoms with van der Waals surface area (Å²) in [6.45, 7) is 2.53. The van der Waals surface area contributed by atoms with Gasteiger partial charge in [0.2, 0.25) is 5.91 Å². The van der Waals surface area contributed by atoms with Gasteiger partial charge in [-0.05, 0) is 42.7 Å². The van der Waals surface area contributed by atoms with Gasteiger partial charge in [-0.2, -0.15) is 0 Å². The van der Waals surface area contributed by atoms with Gasteiger partial charge in [-0.3, -0.25) is 18.7 Å². The lowest BCUT2D eigenvalue weighted by atomic mass is 10.1. The summed E-state index contributed by atoms with van der Waals surface area (Å²) in [5, 5.41) is 3.25. The van der Waals surface area contributed by atoms with E-state index in [2.05, 4.69) is 5.32 Å². The quantitative estimate of drug-likeness (QED) is 0.594. The lowest BCUT2D eigenvalue weighted by molar-refractivity contribution is -0.116. The van der Waals surface area contributed by atoms with Crippen LogP contribution in [0.2, 0.25) is 0 Å². The second kappa shape index (κ2) is 9.34. The van der Waals surface area contributed by atoms with Crippen LogP contribution in [0.25, 0.3) is 10.9 Å². The zero-order valence-electron chi connectivity index (χ0n) is 16.7. The Morgan fingerprint density at radius 1 is 1.07 bits per heavy atom. The molecule has 0 bridgehead atoms. The van der Waals surface area contributed by atoms with Crippen LogP contribution in [0.4, 0.5) is 5.69 Å². The van der Waals surface area contributed by atoms with Crippen molar-refractivity contribution in [2.24, 2.45) is 0 Å². The molecule has 0 atom stereocenters. The summed E-state index contributed by atoms with van der Waals surface area (Å²) in [6.07, 6.45) is 1.39. The number of benzene rings is 2. The highest BCUT2D eigenvalue weighted by molar-refractivity contribution is 5.91. The van der Waals surface area contributed by atoms with Crippen molar-refractivity contribution in [3.05, 3.63) is 74.9 Å². The molecule has 1 N–H and O–H groups in total. The topological polar surface area (TPSA) is 82.3 Å². The fourth-order valence-electron chi connectivity index (χ4n) is 3.30. The number of nitrogens with one attached hydrogen (secondary N) is 1. The molecule has 152 valence electrons. The zero-order valence-corrected chi connectivity index (χ0v) is 16.7. The van der Waals surface area contributed by atoms with Crippen LogP contribution >= 0.6 is 0 Å². The highest BCUT2D eigenvalue weighted by Gasteiger charge is 2.15. The minimum Gasteiger partial charge on any atom is -0.385 e. The Morgan fingerprint density at radius 2 is 1.86 bits per heavy atom. The van der Waals surface area contributed by atoms with Crippen molar-refractivity contribution in [3.63, 3.8) is 0 Å².